The predicted octanol–water partition coefficient (Wildman–Crippen LogP) is 1.75. The Balaban J connectivity index is 2.15. The third kappa shape index (κ3) is 3.56. The van der Waals surface area contributed by atoms with Crippen LogP contribution in [0, 0.1) is 12.8 Å². The van der Waals surface area contributed by atoms with E-state index in [1.807, 2.05) is 20.0 Å². The van der Waals surface area contributed by atoms with Gasteiger partial charge in [0.2, 0.25) is 11.8 Å². The van der Waals surface area contributed by atoms with Gasteiger partial charge in [0, 0.05) is 31.4 Å². The molecule has 19 heavy (non-hydrogen) atoms. The number of hydrogen-bond acceptors (Lipinski definition) is 5. The van der Waals surface area contributed by atoms with Crippen LogP contribution in [0.1, 0.15) is 31.9 Å². The maximum Gasteiger partial charge on any atom is 0.228 e. The fourth-order valence-corrected chi connectivity index (χ4v) is 2.26. The van der Waals surface area contributed by atoms with Crippen molar-refractivity contribution >= 4 is 5.95 Å². The Morgan fingerprint density at radius 3 is 2.79 bits per heavy atom. The third-order valence-corrected chi connectivity index (χ3v) is 3.49. The van der Waals surface area contributed by atoms with Crippen LogP contribution in [0.25, 0.3) is 0 Å². The Kier molecular flexibility index (Phi) is 4.58. The summed E-state index contributed by atoms with van der Waals surface area (Å²) in [6, 6.07) is 2.21. The van der Waals surface area contributed by atoms with Crippen molar-refractivity contribution in [1.29, 1.82) is 0 Å². The Morgan fingerprint density at radius 1 is 1.47 bits per heavy atom. The second-order valence-corrected chi connectivity index (χ2v) is 5.25. The van der Waals surface area contributed by atoms with Gasteiger partial charge in [-0.15, -0.1) is 0 Å². The Bertz CT molecular complexity index is 420. The van der Waals surface area contributed by atoms with E-state index < -0.39 is 0 Å². The standard InChI is InChI=1S/C14H24N4O/c1-4-7-19-13-8-10(2)16-14(17-13)18(3)12(9-15)11-5-6-11/h8,11-12H,4-7,9,15H2,1-3H3. The molecule has 0 amide bonds. The zero-order valence-corrected chi connectivity index (χ0v) is 12.1. The first-order valence-electron chi connectivity index (χ1n) is 7.07. The highest BCUT2D eigenvalue weighted by Gasteiger charge is 2.34. The van der Waals surface area contributed by atoms with Crippen LogP contribution < -0.4 is 15.4 Å². The van der Waals surface area contributed by atoms with E-state index in [1.165, 1.54) is 12.8 Å². The van der Waals surface area contributed by atoms with Crippen molar-refractivity contribution < 1.29 is 4.74 Å². The molecule has 2 N–H and O–H groups in total. The smallest absolute Gasteiger partial charge is 0.228 e. The Labute approximate surface area is 115 Å². The highest BCUT2D eigenvalue weighted by Crippen LogP contribution is 2.35. The van der Waals surface area contributed by atoms with Gasteiger partial charge >= 0.3 is 0 Å². The lowest BCUT2D eigenvalue weighted by atomic mass is 10.1. The van der Waals surface area contributed by atoms with Gasteiger partial charge in [0.05, 0.1) is 6.61 Å². The van der Waals surface area contributed by atoms with Crippen molar-refractivity contribution in [2.45, 2.75) is 39.2 Å². The molecule has 1 aliphatic carbocycles. The van der Waals surface area contributed by atoms with Gasteiger partial charge in [-0.05, 0) is 32.1 Å². The molecule has 5 heteroatoms. The molecule has 5 nitrogen and oxygen atoms in total. The van der Waals surface area contributed by atoms with Crippen LogP contribution in [0.3, 0.4) is 0 Å². The molecule has 1 unspecified atom stereocenters. The SMILES string of the molecule is CCCOc1cc(C)nc(N(C)C(CN)C2CC2)n1. The normalized spacial score (nSPS) is 16.2. The minimum Gasteiger partial charge on any atom is -0.478 e. The molecule has 1 fully saturated rings. The summed E-state index contributed by atoms with van der Waals surface area (Å²) in [5.41, 5.74) is 6.81. The van der Waals surface area contributed by atoms with Gasteiger partial charge in [-0.25, -0.2) is 4.98 Å². The summed E-state index contributed by atoms with van der Waals surface area (Å²) < 4.78 is 5.61. The fraction of sp³-hybridized carbons (Fsp3) is 0.714. The second-order valence-electron chi connectivity index (χ2n) is 5.25. The molecule has 1 aromatic heterocycles. The molecule has 0 bridgehead atoms. The lowest BCUT2D eigenvalue weighted by Crippen LogP contribution is -2.40. The number of aryl methyl sites for hydroxylation is 1. The van der Waals surface area contributed by atoms with Gasteiger partial charge < -0.3 is 15.4 Å². The molecule has 0 radical (unpaired) electrons. The molecular formula is C14H24N4O. The number of rotatable bonds is 7. The maximum atomic E-state index is 5.88. The van der Waals surface area contributed by atoms with Crippen LogP contribution >= 0.6 is 0 Å². The van der Waals surface area contributed by atoms with Crippen molar-refractivity contribution in [3.8, 4) is 5.88 Å². The van der Waals surface area contributed by atoms with E-state index in [2.05, 4.69) is 21.8 Å². The topological polar surface area (TPSA) is 64.3 Å². The predicted molar refractivity (Wildman–Crippen MR) is 76.5 cm³/mol. The molecule has 1 aromatic rings. The quantitative estimate of drug-likeness (QED) is 0.812. The van der Waals surface area contributed by atoms with E-state index >= 15 is 0 Å². The number of anilines is 1. The molecule has 2 rings (SSSR count). The largest absolute Gasteiger partial charge is 0.478 e. The van der Waals surface area contributed by atoms with Crippen LogP contribution in [-0.2, 0) is 0 Å². The minimum atomic E-state index is 0.334. The van der Waals surface area contributed by atoms with E-state index in [1.54, 1.807) is 0 Å². The molecule has 0 spiro atoms. The lowest BCUT2D eigenvalue weighted by molar-refractivity contribution is 0.304. The van der Waals surface area contributed by atoms with Gasteiger partial charge in [-0.2, -0.15) is 4.98 Å². The van der Waals surface area contributed by atoms with Gasteiger partial charge in [0.1, 0.15) is 0 Å². The number of aromatic nitrogens is 2. The Morgan fingerprint density at radius 2 is 2.21 bits per heavy atom. The van der Waals surface area contributed by atoms with Crippen LogP contribution in [-0.4, -0.2) is 36.2 Å². The van der Waals surface area contributed by atoms with Crippen molar-refractivity contribution in [1.82, 2.24) is 9.97 Å². The third-order valence-electron chi connectivity index (χ3n) is 3.49. The van der Waals surface area contributed by atoms with E-state index in [4.69, 9.17) is 10.5 Å². The van der Waals surface area contributed by atoms with E-state index in [9.17, 15) is 0 Å². The first-order valence-corrected chi connectivity index (χ1v) is 7.07. The first kappa shape index (κ1) is 14.1. The van der Waals surface area contributed by atoms with Crippen molar-refractivity contribution in [2.24, 2.45) is 11.7 Å². The molecule has 0 aliphatic heterocycles. The Hall–Kier alpha value is -1.36. The zero-order valence-electron chi connectivity index (χ0n) is 12.1. The molecule has 1 saturated carbocycles. The number of nitrogens with zero attached hydrogens (tertiary/aromatic N) is 3. The van der Waals surface area contributed by atoms with Crippen molar-refractivity contribution in [3.63, 3.8) is 0 Å². The van der Waals surface area contributed by atoms with Crippen molar-refractivity contribution in [3.05, 3.63) is 11.8 Å². The van der Waals surface area contributed by atoms with E-state index in [0.29, 0.717) is 36.9 Å². The summed E-state index contributed by atoms with van der Waals surface area (Å²) in [7, 11) is 2.02. The number of nitrogens with two attached hydrogens (primary N) is 1. The van der Waals surface area contributed by atoms with Crippen molar-refractivity contribution in [2.75, 3.05) is 25.1 Å². The lowest BCUT2D eigenvalue weighted by Gasteiger charge is -2.27. The molecule has 0 saturated heterocycles. The number of ether oxygens (including phenoxy) is 1. The average Bonchev–Trinajstić information content (AvgIpc) is 3.21. The first-order chi connectivity index (χ1) is 9.15. The van der Waals surface area contributed by atoms with Gasteiger partial charge in [0.15, 0.2) is 0 Å². The molecule has 0 aromatic carbocycles. The zero-order chi connectivity index (χ0) is 13.8. The molecule has 1 aliphatic rings. The summed E-state index contributed by atoms with van der Waals surface area (Å²) in [6.45, 7) is 5.37. The molecular weight excluding hydrogens is 240 g/mol. The maximum absolute atomic E-state index is 5.88. The molecule has 1 atom stereocenters. The van der Waals surface area contributed by atoms with Gasteiger partial charge in [0.25, 0.3) is 0 Å². The number of likely N-dealkylation sites (N-methyl/N-ethyl adjacent to an activating group) is 1. The van der Waals surface area contributed by atoms with E-state index in [0.717, 1.165) is 12.1 Å². The van der Waals surface area contributed by atoms with E-state index in [-0.39, 0.29) is 0 Å². The second kappa shape index (κ2) is 6.19. The van der Waals surface area contributed by atoms with Gasteiger partial charge in [-0.3, -0.25) is 0 Å². The van der Waals surface area contributed by atoms with Crippen LogP contribution in [0.4, 0.5) is 5.95 Å². The summed E-state index contributed by atoms with van der Waals surface area (Å²) in [6.07, 6.45) is 3.50. The minimum absolute atomic E-state index is 0.334. The van der Waals surface area contributed by atoms with Crippen LogP contribution in [0.15, 0.2) is 6.07 Å². The monoisotopic (exact) mass is 264 g/mol. The van der Waals surface area contributed by atoms with Crippen LogP contribution in [0.2, 0.25) is 0 Å². The summed E-state index contributed by atoms with van der Waals surface area (Å²) >= 11 is 0. The summed E-state index contributed by atoms with van der Waals surface area (Å²) in [5, 5.41) is 0. The average molecular weight is 264 g/mol. The highest BCUT2D eigenvalue weighted by atomic mass is 16.5. The fourth-order valence-electron chi connectivity index (χ4n) is 2.26. The molecule has 106 valence electrons. The number of hydrogen-bond donors (Lipinski definition) is 1. The highest BCUT2D eigenvalue weighted by molar-refractivity contribution is 5.35. The summed E-state index contributed by atoms with van der Waals surface area (Å²) in [5.74, 6) is 2.07. The molecule has 1 heterocycles. The van der Waals surface area contributed by atoms with Crippen LogP contribution in [0.5, 0.6) is 5.88 Å². The summed E-state index contributed by atoms with van der Waals surface area (Å²) in [4.78, 5) is 11.1. The van der Waals surface area contributed by atoms with Gasteiger partial charge in [-0.1, -0.05) is 6.92 Å².